The number of hydrogen-bond acceptors (Lipinski definition) is 7. The second-order valence-corrected chi connectivity index (χ2v) is 8.96. The first-order valence-corrected chi connectivity index (χ1v) is 11.7. The van der Waals surface area contributed by atoms with Gasteiger partial charge < -0.3 is 9.64 Å². The minimum atomic E-state index is -0.457. The van der Waals surface area contributed by atoms with Gasteiger partial charge in [0.15, 0.2) is 5.65 Å². The maximum atomic E-state index is 14.6. The van der Waals surface area contributed by atoms with Crippen LogP contribution in [0.5, 0.6) is 0 Å². The van der Waals surface area contributed by atoms with E-state index in [-0.39, 0.29) is 6.10 Å². The number of aryl methyl sites for hydroxylation is 1. The monoisotopic (exact) mass is 481 g/mol. The molecule has 4 heterocycles. The summed E-state index contributed by atoms with van der Waals surface area (Å²) in [5, 5.41) is 4.42. The first kappa shape index (κ1) is 22.6. The van der Waals surface area contributed by atoms with Gasteiger partial charge in [0.25, 0.3) is 0 Å². The Kier molecular flexibility index (Phi) is 6.38. The number of rotatable bonds is 3. The number of morpholine rings is 1. The Balaban J connectivity index is 0.000000252. The Labute approximate surface area is 201 Å². The molecule has 34 heavy (non-hydrogen) atoms. The van der Waals surface area contributed by atoms with Crippen LogP contribution in [0.1, 0.15) is 31.5 Å². The van der Waals surface area contributed by atoms with Gasteiger partial charge in [-0.3, -0.25) is 4.68 Å². The molecule has 1 aliphatic heterocycles. The van der Waals surface area contributed by atoms with Gasteiger partial charge in [-0.15, -0.1) is 0 Å². The second-order valence-electron chi connectivity index (χ2n) is 8.52. The summed E-state index contributed by atoms with van der Waals surface area (Å²) < 4.78 is 22.2. The van der Waals surface area contributed by atoms with Crippen LogP contribution >= 0.6 is 11.6 Å². The van der Waals surface area contributed by atoms with E-state index >= 15 is 0 Å². The maximum Gasteiger partial charge on any atom is 0.228 e. The highest BCUT2D eigenvalue weighted by Crippen LogP contribution is 2.33. The molecule has 0 amide bonds. The number of nitrogens with zero attached hydrogens (tertiary/aromatic N) is 7. The highest BCUT2D eigenvalue weighted by Gasteiger charge is 2.24. The van der Waals surface area contributed by atoms with Crippen LogP contribution in [0.3, 0.4) is 0 Å². The van der Waals surface area contributed by atoms with Gasteiger partial charge in [-0.1, -0.05) is 11.6 Å². The van der Waals surface area contributed by atoms with Crippen LogP contribution in [0.15, 0.2) is 42.9 Å². The van der Waals surface area contributed by atoms with E-state index in [1.54, 1.807) is 18.3 Å². The highest BCUT2D eigenvalue weighted by atomic mass is 35.5. The summed E-state index contributed by atoms with van der Waals surface area (Å²) in [4.78, 5) is 20.1. The topological polar surface area (TPSA) is 81.8 Å². The normalized spacial score (nSPS) is 18.0. The number of fused-ring (bicyclic) bond motifs is 1. The molecule has 2 fully saturated rings. The van der Waals surface area contributed by atoms with Crippen LogP contribution in [0.4, 0.5) is 10.3 Å². The van der Waals surface area contributed by atoms with Gasteiger partial charge in [0, 0.05) is 42.3 Å². The summed E-state index contributed by atoms with van der Waals surface area (Å²) >= 11 is 5.89. The fraction of sp³-hybridized carbons (Fsp3) is 0.375. The van der Waals surface area contributed by atoms with E-state index < -0.39 is 5.82 Å². The highest BCUT2D eigenvalue weighted by molar-refractivity contribution is 6.30. The number of aromatic nitrogens is 6. The van der Waals surface area contributed by atoms with E-state index in [9.17, 15) is 4.39 Å². The zero-order valence-corrected chi connectivity index (χ0v) is 19.8. The summed E-state index contributed by atoms with van der Waals surface area (Å²) in [5.74, 6) is 0.0399. The number of anilines is 1. The van der Waals surface area contributed by atoms with Crippen molar-refractivity contribution >= 4 is 28.7 Å². The standard InChI is InChI=1S/C18H17ClFN5O.C6H8N2/c1-10-8-21-16-15(13-4-3-12(19)7-14(13)20)23-18(24-17(16)22-10)25-5-6-26-11(2)9-25;1-4-7-8(5-1)6-2-3-6/h3-4,7-8,11H,5-6,9H2,1-2H3;1,4-6H,2-3H2. The predicted octanol–water partition coefficient (Wildman–Crippen LogP) is 4.63. The van der Waals surface area contributed by atoms with Crippen molar-refractivity contribution in [1.82, 2.24) is 29.7 Å². The van der Waals surface area contributed by atoms with Crippen molar-refractivity contribution in [3.63, 3.8) is 0 Å². The molecule has 8 nitrogen and oxygen atoms in total. The third-order valence-corrected chi connectivity index (χ3v) is 5.91. The number of hydrogen-bond donors (Lipinski definition) is 0. The number of halogens is 2. The minimum absolute atomic E-state index is 0.0716. The molecule has 0 radical (unpaired) electrons. The number of ether oxygens (including phenoxy) is 1. The minimum Gasteiger partial charge on any atom is -0.375 e. The smallest absolute Gasteiger partial charge is 0.228 e. The predicted molar refractivity (Wildman–Crippen MR) is 128 cm³/mol. The Morgan fingerprint density at radius 3 is 2.74 bits per heavy atom. The molecule has 176 valence electrons. The van der Waals surface area contributed by atoms with Crippen molar-refractivity contribution in [2.24, 2.45) is 0 Å². The molecular formula is C24H25ClFN7O. The van der Waals surface area contributed by atoms with E-state index in [4.69, 9.17) is 16.3 Å². The van der Waals surface area contributed by atoms with Gasteiger partial charge in [-0.2, -0.15) is 10.1 Å². The first-order chi connectivity index (χ1) is 16.5. The van der Waals surface area contributed by atoms with Crippen molar-refractivity contribution in [3.8, 4) is 11.3 Å². The molecule has 1 unspecified atom stereocenters. The van der Waals surface area contributed by atoms with Gasteiger partial charge >= 0.3 is 0 Å². The quantitative estimate of drug-likeness (QED) is 0.422. The van der Waals surface area contributed by atoms with Crippen LogP contribution < -0.4 is 4.90 Å². The zero-order valence-electron chi connectivity index (χ0n) is 19.0. The molecule has 1 atom stereocenters. The van der Waals surface area contributed by atoms with Crippen LogP contribution in [-0.2, 0) is 4.74 Å². The summed E-state index contributed by atoms with van der Waals surface area (Å²) in [6, 6.07) is 7.21. The van der Waals surface area contributed by atoms with Gasteiger partial charge in [0.05, 0.1) is 24.4 Å². The molecule has 1 saturated carbocycles. The van der Waals surface area contributed by atoms with Crippen LogP contribution in [-0.4, -0.2) is 55.5 Å². The summed E-state index contributed by atoms with van der Waals surface area (Å²) in [6.45, 7) is 5.75. The van der Waals surface area contributed by atoms with E-state index in [1.165, 1.54) is 18.9 Å². The molecule has 4 aromatic rings. The van der Waals surface area contributed by atoms with E-state index in [0.717, 1.165) is 11.7 Å². The molecule has 3 aromatic heterocycles. The van der Waals surface area contributed by atoms with Crippen LogP contribution in [0.2, 0.25) is 5.02 Å². The lowest BCUT2D eigenvalue weighted by Gasteiger charge is -2.31. The van der Waals surface area contributed by atoms with Crippen molar-refractivity contribution in [2.75, 3.05) is 24.6 Å². The molecule has 1 saturated heterocycles. The Bertz CT molecular complexity index is 1300. The van der Waals surface area contributed by atoms with Gasteiger partial charge in [-0.25, -0.2) is 19.3 Å². The lowest BCUT2D eigenvalue weighted by Crippen LogP contribution is -2.42. The summed E-state index contributed by atoms with van der Waals surface area (Å²) in [6.07, 6.45) is 8.20. The molecule has 6 rings (SSSR count). The van der Waals surface area contributed by atoms with Crippen molar-refractivity contribution in [3.05, 3.63) is 59.4 Å². The first-order valence-electron chi connectivity index (χ1n) is 11.3. The molecule has 0 spiro atoms. The molecule has 2 aliphatic rings. The van der Waals surface area contributed by atoms with E-state index in [1.807, 2.05) is 41.9 Å². The molecule has 0 N–H and O–H groups in total. The molecule has 1 aromatic carbocycles. The average Bonchev–Trinajstić information content (AvgIpc) is 3.52. The molecule has 1 aliphatic carbocycles. The molecule has 0 bridgehead atoms. The lowest BCUT2D eigenvalue weighted by molar-refractivity contribution is 0.0526. The summed E-state index contributed by atoms with van der Waals surface area (Å²) in [7, 11) is 0. The van der Waals surface area contributed by atoms with Gasteiger partial charge in [0.1, 0.15) is 17.0 Å². The second kappa shape index (κ2) is 9.60. The Hall–Kier alpha value is -3.17. The zero-order chi connectivity index (χ0) is 23.7. The van der Waals surface area contributed by atoms with Crippen molar-refractivity contribution < 1.29 is 9.13 Å². The number of benzene rings is 1. The fourth-order valence-electron chi connectivity index (χ4n) is 3.83. The SMILES string of the molecule is Cc1cnc2c(-c3ccc(Cl)cc3F)nc(N3CCOC(C)C3)nc2n1.c1cnn(C2CC2)c1. The van der Waals surface area contributed by atoms with E-state index in [2.05, 4.69) is 25.0 Å². The largest absolute Gasteiger partial charge is 0.375 e. The third kappa shape index (κ3) is 5.00. The van der Waals surface area contributed by atoms with Crippen LogP contribution in [0, 0.1) is 12.7 Å². The Morgan fingerprint density at radius 2 is 2.03 bits per heavy atom. The fourth-order valence-corrected chi connectivity index (χ4v) is 3.99. The van der Waals surface area contributed by atoms with Gasteiger partial charge in [0.2, 0.25) is 5.95 Å². The molecular weight excluding hydrogens is 457 g/mol. The average molecular weight is 482 g/mol. The summed E-state index contributed by atoms with van der Waals surface area (Å²) in [5.41, 5.74) is 2.37. The van der Waals surface area contributed by atoms with Gasteiger partial charge in [-0.05, 0) is 51.0 Å². The van der Waals surface area contributed by atoms with Crippen molar-refractivity contribution in [2.45, 2.75) is 38.8 Å². The Morgan fingerprint density at radius 1 is 1.18 bits per heavy atom. The maximum absolute atomic E-state index is 14.6. The van der Waals surface area contributed by atoms with Crippen LogP contribution in [0.25, 0.3) is 22.4 Å². The third-order valence-electron chi connectivity index (χ3n) is 5.67. The van der Waals surface area contributed by atoms with Crippen molar-refractivity contribution in [1.29, 1.82) is 0 Å². The lowest BCUT2D eigenvalue weighted by atomic mass is 10.1. The molecule has 10 heteroatoms. The van der Waals surface area contributed by atoms with E-state index in [0.29, 0.717) is 53.1 Å².